The van der Waals surface area contributed by atoms with Gasteiger partial charge in [0.2, 0.25) is 6.54 Å². The average Bonchev–Trinajstić information content (AvgIpc) is 2.15. The highest BCUT2D eigenvalue weighted by atomic mass is 31.2. The lowest BCUT2D eigenvalue weighted by Crippen LogP contribution is -2.21. The fourth-order valence-electron chi connectivity index (χ4n) is 1.23. The van der Waals surface area contributed by atoms with Crippen LogP contribution in [0.1, 0.15) is 19.8 Å². The summed E-state index contributed by atoms with van der Waals surface area (Å²) in [4.78, 5) is 9.84. The molecule has 0 bridgehead atoms. The molecule has 0 saturated carbocycles. The van der Waals surface area contributed by atoms with Crippen LogP contribution in [0.25, 0.3) is 0 Å². The van der Waals surface area contributed by atoms with Gasteiger partial charge in [0, 0.05) is 19.1 Å². The summed E-state index contributed by atoms with van der Waals surface area (Å²) < 4.78 is 21.3. The van der Waals surface area contributed by atoms with Gasteiger partial charge in [0.05, 0.1) is 0 Å². The monoisotopic (exact) mass is 225 g/mol. The van der Waals surface area contributed by atoms with Gasteiger partial charge in [-0.25, -0.2) is 0 Å². The van der Waals surface area contributed by atoms with Crippen molar-refractivity contribution in [3.8, 4) is 0 Å². The van der Waals surface area contributed by atoms with Gasteiger partial charge in [-0.1, -0.05) is 13.3 Å². The van der Waals surface area contributed by atoms with Gasteiger partial charge in [-0.05, 0) is 6.42 Å². The Morgan fingerprint density at radius 2 is 1.93 bits per heavy atom. The van der Waals surface area contributed by atoms with Crippen LogP contribution in [0, 0.1) is 10.1 Å². The molecule has 0 aromatic heterocycles. The first-order valence-corrected chi connectivity index (χ1v) is 5.94. The van der Waals surface area contributed by atoms with Gasteiger partial charge in [-0.2, -0.15) is 0 Å². The van der Waals surface area contributed by atoms with Crippen LogP contribution in [-0.4, -0.2) is 31.3 Å². The first-order chi connectivity index (χ1) is 6.50. The summed E-state index contributed by atoms with van der Waals surface area (Å²) in [6, 6.07) is 0. The standard InChI is InChI=1S/C7H16NO5P/c1-4-5-7(6-8(9)10)14(11,12-2)13-3/h7H,4-6H2,1-3H3. The lowest BCUT2D eigenvalue weighted by molar-refractivity contribution is -0.479. The van der Waals surface area contributed by atoms with Gasteiger partial charge in [0.1, 0.15) is 5.66 Å². The Bertz CT molecular complexity index is 224. The van der Waals surface area contributed by atoms with Crippen LogP contribution in [0.4, 0.5) is 0 Å². The Hall–Kier alpha value is -0.450. The van der Waals surface area contributed by atoms with Crippen molar-refractivity contribution in [2.45, 2.75) is 25.4 Å². The largest absolute Gasteiger partial charge is 0.339 e. The highest BCUT2D eigenvalue weighted by Crippen LogP contribution is 2.53. The van der Waals surface area contributed by atoms with Gasteiger partial charge in [-0.3, -0.25) is 14.7 Å². The number of rotatable bonds is 7. The normalized spacial score (nSPS) is 13.9. The third-order valence-electron chi connectivity index (χ3n) is 1.94. The second-order valence-electron chi connectivity index (χ2n) is 2.86. The lowest BCUT2D eigenvalue weighted by Gasteiger charge is -2.20. The van der Waals surface area contributed by atoms with Crippen molar-refractivity contribution in [1.82, 2.24) is 0 Å². The molecule has 14 heavy (non-hydrogen) atoms. The molecule has 0 aromatic rings. The molecular formula is C7H16NO5P. The Balaban J connectivity index is 4.60. The van der Waals surface area contributed by atoms with Crippen LogP contribution < -0.4 is 0 Å². The molecule has 0 saturated heterocycles. The summed E-state index contributed by atoms with van der Waals surface area (Å²) >= 11 is 0. The zero-order valence-corrected chi connectivity index (χ0v) is 9.53. The molecule has 0 amide bonds. The second kappa shape index (κ2) is 6.11. The number of hydrogen-bond donors (Lipinski definition) is 0. The highest BCUT2D eigenvalue weighted by Gasteiger charge is 2.36. The molecule has 84 valence electrons. The summed E-state index contributed by atoms with van der Waals surface area (Å²) in [6.45, 7) is 1.48. The Morgan fingerprint density at radius 1 is 1.43 bits per heavy atom. The van der Waals surface area contributed by atoms with Gasteiger partial charge < -0.3 is 9.05 Å². The molecule has 0 aromatic carbocycles. The van der Waals surface area contributed by atoms with E-state index in [2.05, 4.69) is 0 Å². The fourth-order valence-corrected chi connectivity index (χ4v) is 2.88. The third kappa shape index (κ3) is 3.74. The van der Waals surface area contributed by atoms with E-state index in [9.17, 15) is 14.7 Å². The molecule has 0 aliphatic rings. The Morgan fingerprint density at radius 3 is 2.21 bits per heavy atom. The van der Waals surface area contributed by atoms with Crippen LogP contribution in [0.15, 0.2) is 0 Å². The quantitative estimate of drug-likeness (QED) is 0.375. The average molecular weight is 225 g/mol. The van der Waals surface area contributed by atoms with E-state index in [1.54, 1.807) is 0 Å². The van der Waals surface area contributed by atoms with E-state index in [4.69, 9.17) is 9.05 Å². The van der Waals surface area contributed by atoms with Gasteiger partial charge in [-0.15, -0.1) is 0 Å². The maximum Gasteiger partial charge on any atom is 0.339 e. The molecule has 1 atom stereocenters. The summed E-state index contributed by atoms with van der Waals surface area (Å²) in [5.41, 5.74) is -0.655. The van der Waals surface area contributed by atoms with E-state index in [1.165, 1.54) is 14.2 Å². The molecule has 1 unspecified atom stereocenters. The van der Waals surface area contributed by atoms with E-state index in [0.29, 0.717) is 12.8 Å². The van der Waals surface area contributed by atoms with Crippen molar-refractivity contribution >= 4 is 7.60 Å². The Kier molecular flexibility index (Phi) is 5.92. The van der Waals surface area contributed by atoms with E-state index in [1.807, 2.05) is 6.92 Å². The zero-order chi connectivity index (χ0) is 11.2. The molecule has 0 spiro atoms. The number of nitro groups is 1. The summed E-state index contributed by atoms with van der Waals surface area (Å²) in [7, 11) is -0.817. The minimum absolute atomic E-state index is 0.382. The van der Waals surface area contributed by atoms with Crippen LogP contribution in [-0.2, 0) is 13.6 Å². The molecule has 0 radical (unpaired) electrons. The van der Waals surface area contributed by atoms with Gasteiger partial charge in [0.25, 0.3) is 0 Å². The smallest absolute Gasteiger partial charge is 0.312 e. The van der Waals surface area contributed by atoms with E-state index in [-0.39, 0.29) is 6.54 Å². The summed E-state index contributed by atoms with van der Waals surface area (Å²) in [6.07, 6.45) is 1.16. The maximum atomic E-state index is 11.8. The number of nitrogens with zero attached hydrogens (tertiary/aromatic N) is 1. The summed E-state index contributed by atoms with van der Waals surface area (Å²) in [5.74, 6) is 0. The predicted molar refractivity (Wildman–Crippen MR) is 52.2 cm³/mol. The molecule has 6 nitrogen and oxygen atoms in total. The molecule has 7 heteroatoms. The zero-order valence-electron chi connectivity index (χ0n) is 8.63. The van der Waals surface area contributed by atoms with Crippen LogP contribution in [0.2, 0.25) is 0 Å². The van der Waals surface area contributed by atoms with Crippen LogP contribution in [0.5, 0.6) is 0 Å². The van der Waals surface area contributed by atoms with Crippen molar-refractivity contribution < 1.29 is 18.5 Å². The fraction of sp³-hybridized carbons (Fsp3) is 1.00. The minimum Gasteiger partial charge on any atom is -0.312 e. The van der Waals surface area contributed by atoms with E-state index < -0.39 is 18.2 Å². The Labute approximate surface area is 83.3 Å². The van der Waals surface area contributed by atoms with Crippen molar-refractivity contribution in [1.29, 1.82) is 0 Å². The minimum atomic E-state index is -3.30. The molecule has 0 rings (SSSR count). The molecule has 0 aliphatic heterocycles. The third-order valence-corrected chi connectivity index (χ3v) is 4.27. The van der Waals surface area contributed by atoms with Crippen LogP contribution in [0.3, 0.4) is 0 Å². The first-order valence-electron chi connectivity index (χ1n) is 4.33. The molecule has 0 fully saturated rings. The highest BCUT2D eigenvalue weighted by molar-refractivity contribution is 7.54. The van der Waals surface area contributed by atoms with Gasteiger partial charge >= 0.3 is 7.60 Å². The van der Waals surface area contributed by atoms with Crippen molar-refractivity contribution in [2.24, 2.45) is 0 Å². The van der Waals surface area contributed by atoms with E-state index in [0.717, 1.165) is 0 Å². The summed E-state index contributed by atoms with van der Waals surface area (Å²) in [5, 5.41) is 10.3. The molecule has 0 aliphatic carbocycles. The second-order valence-corrected chi connectivity index (χ2v) is 5.40. The van der Waals surface area contributed by atoms with E-state index >= 15 is 0 Å². The molecular weight excluding hydrogens is 209 g/mol. The number of hydrogen-bond acceptors (Lipinski definition) is 5. The lowest BCUT2D eigenvalue weighted by atomic mass is 10.2. The van der Waals surface area contributed by atoms with Crippen molar-refractivity contribution in [2.75, 3.05) is 20.8 Å². The van der Waals surface area contributed by atoms with Crippen molar-refractivity contribution in [3.63, 3.8) is 0 Å². The van der Waals surface area contributed by atoms with Crippen molar-refractivity contribution in [3.05, 3.63) is 10.1 Å². The topological polar surface area (TPSA) is 78.7 Å². The molecule has 0 N–H and O–H groups in total. The van der Waals surface area contributed by atoms with Gasteiger partial charge in [0.15, 0.2) is 0 Å². The van der Waals surface area contributed by atoms with Crippen LogP contribution >= 0.6 is 7.60 Å². The SMILES string of the molecule is CCCC(C[N+](=O)[O-])P(=O)(OC)OC. The molecule has 0 heterocycles. The maximum absolute atomic E-state index is 11.8. The predicted octanol–water partition coefficient (Wildman–Crippen LogP) is 1.92. The first kappa shape index (κ1) is 13.5.